The molecule has 0 spiro atoms. The summed E-state index contributed by atoms with van der Waals surface area (Å²) in [6.07, 6.45) is 3.57. The monoisotopic (exact) mass is 247 g/mol. The first-order valence-electron chi connectivity index (χ1n) is 6.55. The Bertz CT molecular complexity index is 413. The van der Waals surface area contributed by atoms with Gasteiger partial charge in [-0.25, -0.2) is 0 Å². The topological polar surface area (TPSA) is 29.5 Å². The Balaban J connectivity index is 1.86. The van der Waals surface area contributed by atoms with Crippen molar-refractivity contribution in [2.45, 2.75) is 19.8 Å². The Labute approximate surface area is 109 Å². The number of nitrogens with zero attached hydrogens (tertiary/aromatic N) is 1. The number of hydrogen-bond acceptors (Lipinski definition) is 3. The highest BCUT2D eigenvalue weighted by molar-refractivity contribution is 5.84. The van der Waals surface area contributed by atoms with Gasteiger partial charge >= 0.3 is 0 Å². The second-order valence-electron chi connectivity index (χ2n) is 5.12. The molecule has 0 amide bonds. The maximum atomic E-state index is 11.1. The number of carbonyl (C=O) groups is 1. The minimum atomic E-state index is 0.721. The molecule has 3 heteroatoms. The van der Waals surface area contributed by atoms with Crippen LogP contribution in [0.25, 0.3) is 0 Å². The smallest absolute Gasteiger partial charge is 0.152 e. The summed E-state index contributed by atoms with van der Waals surface area (Å²) >= 11 is 0. The average Bonchev–Trinajstić information content (AvgIpc) is 3.18. The van der Waals surface area contributed by atoms with E-state index in [9.17, 15) is 4.79 Å². The summed E-state index contributed by atoms with van der Waals surface area (Å²) in [4.78, 5) is 13.1. The summed E-state index contributed by atoms with van der Waals surface area (Å²) in [5.41, 5.74) is 2.84. The van der Waals surface area contributed by atoms with E-state index >= 15 is 0 Å². The van der Waals surface area contributed by atoms with E-state index in [2.05, 4.69) is 4.90 Å². The molecular formula is C15H21NO2. The molecule has 0 atom stereocenters. The molecule has 0 bridgehead atoms. The normalized spacial score (nSPS) is 14.6. The van der Waals surface area contributed by atoms with Crippen molar-refractivity contribution in [1.29, 1.82) is 0 Å². The zero-order valence-corrected chi connectivity index (χ0v) is 11.2. The van der Waals surface area contributed by atoms with Gasteiger partial charge in [-0.05, 0) is 37.8 Å². The molecule has 1 aromatic carbocycles. The fourth-order valence-electron chi connectivity index (χ4n) is 1.97. The van der Waals surface area contributed by atoms with Gasteiger partial charge < -0.3 is 9.64 Å². The molecule has 0 radical (unpaired) electrons. The lowest BCUT2D eigenvalue weighted by Gasteiger charge is -2.21. The molecule has 0 saturated heterocycles. The van der Waals surface area contributed by atoms with Crippen molar-refractivity contribution >= 4 is 12.0 Å². The minimum absolute atomic E-state index is 0.721. The van der Waals surface area contributed by atoms with Crippen molar-refractivity contribution in [3.05, 3.63) is 29.3 Å². The second kappa shape index (κ2) is 6.01. The Kier molecular flexibility index (Phi) is 4.37. The average molecular weight is 247 g/mol. The van der Waals surface area contributed by atoms with E-state index in [1.54, 1.807) is 0 Å². The Morgan fingerprint density at radius 1 is 1.44 bits per heavy atom. The first-order chi connectivity index (χ1) is 8.70. The van der Waals surface area contributed by atoms with Gasteiger partial charge in [0.05, 0.1) is 6.61 Å². The number of aldehydes is 1. The van der Waals surface area contributed by atoms with Crippen molar-refractivity contribution in [3.63, 3.8) is 0 Å². The van der Waals surface area contributed by atoms with Gasteiger partial charge in [0.2, 0.25) is 0 Å². The van der Waals surface area contributed by atoms with E-state index in [0.717, 1.165) is 48.8 Å². The van der Waals surface area contributed by atoms with E-state index in [4.69, 9.17) is 4.74 Å². The third-order valence-electron chi connectivity index (χ3n) is 3.34. The molecule has 0 unspecified atom stereocenters. The van der Waals surface area contributed by atoms with Crippen LogP contribution in [0, 0.1) is 12.8 Å². The minimum Gasteiger partial charge on any atom is -0.379 e. The van der Waals surface area contributed by atoms with Gasteiger partial charge in [-0.2, -0.15) is 0 Å². The zero-order valence-electron chi connectivity index (χ0n) is 11.2. The summed E-state index contributed by atoms with van der Waals surface area (Å²) in [5.74, 6) is 0.806. The summed E-state index contributed by atoms with van der Waals surface area (Å²) in [7, 11) is 2.00. The highest BCUT2D eigenvalue weighted by Gasteiger charge is 2.21. The van der Waals surface area contributed by atoms with Crippen molar-refractivity contribution in [3.8, 4) is 0 Å². The van der Waals surface area contributed by atoms with E-state index in [1.807, 2.05) is 32.2 Å². The van der Waals surface area contributed by atoms with Crippen LogP contribution in [-0.4, -0.2) is 33.1 Å². The Morgan fingerprint density at radius 2 is 2.22 bits per heavy atom. The van der Waals surface area contributed by atoms with Gasteiger partial charge in [-0.1, -0.05) is 11.6 Å². The molecule has 0 aliphatic heterocycles. The third-order valence-corrected chi connectivity index (χ3v) is 3.34. The number of carbonyl (C=O) groups excluding carboxylic acids is 1. The first kappa shape index (κ1) is 13.1. The molecule has 1 fully saturated rings. The van der Waals surface area contributed by atoms with Crippen LogP contribution in [0.15, 0.2) is 18.2 Å². The zero-order chi connectivity index (χ0) is 13.0. The van der Waals surface area contributed by atoms with Crippen LogP contribution in [0.1, 0.15) is 28.8 Å². The van der Waals surface area contributed by atoms with Crippen LogP contribution in [0.5, 0.6) is 0 Å². The lowest BCUT2D eigenvalue weighted by atomic mass is 10.1. The second-order valence-corrected chi connectivity index (χ2v) is 5.12. The lowest BCUT2D eigenvalue weighted by molar-refractivity contribution is 0.112. The number of ether oxygens (including phenoxy) is 1. The third kappa shape index (κ3) is 3.57. The van der Waals surface area contributed by atoms with Gasteiger partial charge in [0.1, 0.15) is 0 Å². The van der Waals surface area contributed by atoms with Crippen LogP contribution >= 0.6 is 0 Å². The predicted molar refractivity (Wildman–Crippen MR) is 73.4 cm³/mol. The molecule has 18 heavy (non-hydrogen) atoms. The van der Waals surface area contributed by atoms with Gasteiger partial charge in [0.15, 0.2) is 6.29 Å². The van der Waals surface area contributed by atoms with Gasteiger partial charge in [0, 0.05) is 31.5 Å². The number of hydrogen-bond donors (Lipinski definition) is 0. The molecule has 0 aromatic heterocycles. The maximum Gasteiger partial charge on any atom is 0.152 e. The number of anilines is 1. The van der Waals surface area contributed by atoms with Crippen LogP contribution in [0.3, 0.4) is 0 Å². The van der Waals surface area contributed by atoms with Crippen LogP contribution in [0.2, 0.25) is 0 Å². The van der Waals surface area contributed by atoms with Gasteiger partial charge in [-0.15, -0.1) is 0 Å². The molecule has 1 saturated carbocycles. The van der Waals surface area contributed by atoms with Crippen LogP contribution in [0.4, 0.5) is 5.69 Å². The first-order valence-corrected chi connectivity index (χ1v) is 6.55. The molecule has 0 N–H and O–H groups in total. The molecule has 98 valence electrons. The SMILES string of the molecule is Cc1ccc(N(C)CCOCC2CC2)c(C=O)c1. The molecule has 1 aliphatic rings. The number of likely N-dealkylation sites (N-methyl/N-ethyl adjacent to an activating group) is 1. The standard InChI is InChI=1S/C15H21NO2/c1-12-3-6-15(14(9-12)10-17)16(2)7-8-18-11-13-4-5-13/h3,6,9-10,13H,4-5,7-8,11H2,1-2H3. The van der Waals surface area contributed by atoms with Crippen molar-refractivity contribution in [1.82, 2.24) is 0 Å². The van der Waals surface area contributed by atoms with Crippen molar-refractivity contribution in [2.75, 3.05) is 31.7 Å². The van der Waals surface area contributed by atoms with Gasteiger partial charge in [0.25, 0.3) is 0 Å². The summed E-state index contributed by atoms with van der Waals surface area (Å²) in [6.45, 7) is 4.42. The molecule has 3 nitrogen and oxygen atoms in total. The fourth-order valence-corrected chi connectivity index (χ4v) is 1.97. The maximum absolute atomic E-state index is 11.1. The van der Waals surface area contributed by atoms with Crippen LogP contribution in [-0.2, 0) is 4.74 Å². The summed E-state index contributed by atoms with van der Waals surface area (Å²) in [5, 5.41) is 0. The summed E-state index contributed by atoms with van der Waals surface area (Å²) in [6, 6.07) is 5.95. The Hall–Kier alpha value is -1.35. The van der Waals surface area contributed by atoms with E-state index < -0.39 is 0 Å². The number of benzene rings is 1. The molecule has 2 rings (SSSR count). The van der Waals surface area contributed by atoms with E-state index in [-0.39, 0.29) is 0 Å². The lowest BCUT2D eigenvalue weighted by Crippen LogP contribution is -2.24. The van der Waals surface area contributed by atoms with Gasteiger partial charge in [-0.3, -0.25) is 4.79 Å². The highest BCUT2D eigenvalue weighted by Crippen LogP contribution is 2.28. The van der Waals surface area contributed by atoms with Crippen molar-refractivity contribution in [2.24, 2.45) is 5.92 Å². The number of rotatable bonds is 7. The molecular weight excluding hydrogens is 226 g/mol. The molecule has 1 aliphatic carbocycles. The van der Waals surface area contributed by atoms with E-state index in [1.165, 1.54) is 12.8 Å². The predicted octanol–water partition coefficient (Wildman–Crippen LogP) is 2.67. The number of aryl methyl sites for hydroxylation is 1. The Morgan fingerprint density at radius 3 is 2.89 bits per heavy atom. The quantitative estimate of drug-likeness (QED) is 0.548. The fraction of sp³-hybridized carbons (Fsp3) is 0.533. The van der Waals surface area contributed by atoms with Crippen LogP contribution < -0.4 is 4.90 Å². The van der Waals surface area contributed by atoms with Crippen molar-refractivity contribution < 1.29 is 9.53 Å². The largest absolute Gasteiger partial charge is 0.379 e. The summed E-state index contributed by atoms with van der Waals surface area (Å²) < 4.78 is 5.62. The highest BCUT2D eigenvalue weighted by atomic mass is 16.5. The van der Waals surface area contributed by atoms with E-state index in [0.29, 0.717) is 0 Å². The molecule has 0 heterocycles. The molecule has 1 aromatic rings.